The third-order valence-electron chi connectivity index (χ3n) is 11.3. The maximum atomic E-state index is 2.51. The Morgan fingerprint density at radius 2 is 0.981 bits per heavy atom. The molecule has 52 heavy (non-hydrogen) atoms. The maximum Gasteiger partial charge on any atom is 0.0540 e. The van der Waals surface area contributed by atoms with Crippen LogP contribution in [0.5, 0.6) is 0 Å². The third-order valence-corrected chi connectivity index (χ3v) is 13.5. The Kier molecular flexibility index (Phi) is 7.06. The van der Waals surface area contributed by atoms with Gasteiger partial charge in [0.2, 0.25) is 0 Å². The van der Waals surface area contributed by atoms with Crippen molar-refractivity contribution < 1.29 is 0 Å². The third kappa shape index (κ3) is 5.02. The molecule has 252 valence electrons. The van der Waals surface area contributed by atoms with E-state index in [0.717, 1.165) is 11.4 Å². The van der Waals surface area contributed by atoms with Crippen molar-refractivity contribution in [1.29, 1.82) is 0 Å². The van der Waals surface area contributed by atoms with Crippen LogP contribution in [0.25, 0.3) is 62.6 Å². The molecule has 7 aromatic carbocycles. The molecule has 0 amide bonds. The molecule has 0 bridgehead atoms. The van der Waals surface area contributed by atoms with Gasteiger partial charge < -0.3 is 4.90 Å². The van der Waals surface area contributed by atoms with Gasteiger partial charge in [-0.15, -0.1) is 22.7 Å². The summed E-state index contributed by atoms with van der Waals surface area (Å²) in [6, 6.07) is 56.4. The van der Waals surface area contributed by atoms with Crippen molar-refractivity contribution in [3.8, 4) is 22.3 Å². The van der Waals surface area contributed by atoms with Crippen LogP contribution in [-0.2, 0) is 10.8 Å². The summed E-state index contributed by atoms with van der Waals surface area (Å²) in [6.07, 6.45) is 1.19. The van der Waals surface area contributed by atoms with E-state index in [4.69, 9.17) is 0 Å². The summed E-state index contributed by atoms with van der Waals surface area (Å²) in [6.45, 7) is 9.65. The molecule has 1 aliphatic rings. The highest BCUT2D eigenvalue weighted by Crippen LogP contribution is 2.52. The number of anilines is 3. The first-order valence-electron chi connectivity index (χ1n) is 18.2. The number of fused-ring (bicyclic) bond motifs is 7. The Bertz CT molecular complexity index is 2820. The monoisotopic (exact) mass is 705 g/mol. The lowest BCUT2D eigenvalue weighted by atomic mass is 9.82. The normalized spacial score (nSPS) is 14.8. The average molecular weight is 706 g/mol. The lowest BCUT2D eigenvalue weighted by Crippen LogP contribution is -2.17. The molecule has 3 heteroatoms. The lowest BCUT2D eigenvalue weighted by Gasteiger charge is -2.28. The fourth-order valence-corrected chi connectivity index (χ4v) is 11.3. The van der Waals surface area contributed by atoms with Crippen LogP contribution in [-0.4, -0.2) is 0 Å². The van der Waals surface area contributed by atoms with Gasteiger partial charge in [0.25, 0.3) is 0 Å². The number of hydrogen-bond donors (Lipinski definition) is 0. The van der Waals surface area contributed by atoms with Gasteiger partial charge in [-0.2, -0.15) is 0 Å². The summed E-state index contributed by atoms with van der Waals surface area (Å²) in [5.74, 6) is 0. The molecule has 1 aliphatic carbocycles. The second-order valence-corrected chi connectivity index (χ2v) is 17.9. The molecule has 10 rings (SSSR count). The van der Waals surface area contributed by atoms with Crippen LogP contribution in [0.4, 0.5) is 17.1 Å². The van der Waals surface area contributed by atoms with Crippen molar-refractivity contribution >= 4 is 80.1 Å². The van der Waals surface area contributed by atoms with Gasteiger partial charge in [-0.1, -0.05) is 125 Å². The van der Waals surface area contributed by atoms with E-state index >= 15 is 0 Å². The Labute approximate surface area is 313 Å². The molecule has 2 aromatic heterocycles. The summed E-state index contributed by atoms with van der Waals surface area (Å²) in [4.78, 5) is 2.44. The van der Waals surface area contributed by atoms with Crippen LogP contribution >= 0.6 is 22.7 Å². The Hall–Kier alpha value is -5.22. The second kappa shape index (κ2) is 11.6. The first-order chi connectivity index (χ1) is 25.2. The SMILES string of the molecule is CC1(C)CC(C)(C)c2cc3c(cc21)sc1cc(-c2ccccc2N(c2ccc(-c4ccccc4)cc2)c2ccc4c(c2)sc2ccccc24)ccc13. The number of thiophene rings is 2. The minimum Gasteiger partial charge on any atom is -0.310 e. The van der Waals surface area contributed by atoms with Crippen LogP contribution in [0.1, 0.15) is 45.2 Å². The van der Waals surface area contributed by atoms with E-state index in [1.165, 1.54) is 85.8 Å². The van der Waals surface area contributed by atoms with Crippen LogP contribution in [0.15, 0.2) is 152 Å². The van der Waals surface area contributed by atoms with Crippen molar-refractivity contribution in [1.82, 2.24) is 0 Å². The maximum absolute atomic E-state index is 2.51. The Morgan fingerprint density at radius 3 is 1.81 bits per heavy atom. The summed E-state index contributed by atoms with van der Waals surface area (Å²) in [5.41, 5.74) is 11.8. The van der Waals surface area contributed by atoms with Crippen LogP contribution in [0, 0.1) is 0 Å². The zero-order valence-electron chi connectivity index (χ0n) is 29.9. The zero-order valence-corrected chi connectivity index (χ0v) is 31.5. The molecular weight excluding hydrogens is 667 g/mol. The molecule has 0 saturated carbocycles. The van der Waals surface area contributed by atoms with Crippen molar-refractivity contribution in [2.24, 2.45) is 0 Å². The van der Waals surface area contributed by atoms with Gasteiger partial charge in [-0.05, 0) is 99.7 Å². The number of benzene rings is 7. The van der Waals surface area contributed by atoms with Crippen LogP contribution in [0.2, 0.25) is 0 Å². The molecule has 0 aliphatic heterocycles. The number of rotatable bonds is 5. The smallest absolute Gasteiger partial charge is 0.0540 e. The largest absolute Gasteiger partial charge is 0.310 e. The quantitative estimate of drug-likeness (QED) is 0.172. The Balaban J connectivity index is 1.13. The molecule has 0 unspecified atom stereocenters. The first kappa shape index (κ1) is 31.5. The van der Waals surface area contributed by atoms with E-state index in [1.54, 1.807) is 0 Å². The number of nitrogens with zero attached hydrogens (tertiary/aromatic N) is 1. The summed E-state index contributed by atoms with van der Waals surface area (Å²) in [5, 5.41) is 5.38. The predicted molar refractivity (Wildman–Crippen MR) is 228 cm³/mol. The minimum absolute atomic E-state index is 0.182. The zero-order chi connectivity index (χ0) is 35.2. The predicted octanol–water partition coefficient (Wildman–Crippen LogP) is 15.2. The van der Waals surface area contributed by atoms with Gasteiger partial charge in [0, 0.05) is 57.3 Å². The lowest BCUT2D eigenvalue weighted by molar-refractivity contribution is 0.403. The first-order valence-corrected chi connectivity index (χ1v) is 19.8. The topological polar surface area (TPSA) is 3.24 Å². The van der Waals surface area contributed by atoms with E-state index in [0.29, 0.717) is 0 Å². The van der Waals surface area contributed by atoms with E-state index in [1.807, 2.05) is 22.7 Å². The van der Waals surface area contributed by atoms with Crippen molar-refractivity contribution in [3.63, 3.8) is 0 Å². The highest BCUT2D eigenvalue weighted by Gasteiger charge is 2.42. The van der Waals surface area contributed by atoms with Gasteiger partial charge >= 0.3 is 0 Å². The van der Waals surface area contributed by atoms with Gasteiger partial charge in [-0.25, -0.2) is 0 Å². The van der Waals surface area contributed by atoms with E-state index in [9.17, 15) is 0 Å². The molecule has 0 spiro atoms. The second-order valence-electron chi connectivity index (χ2n) is 15.7. The van der Waals surface area contributed by atoms with E-state index in [-0.39, 0.29) is 10.8 Å². The highest BCUT2D eigenvalue weighted by molar-refractivity contribution is 7.26. The molecule has 2 heterocycles. The van der Waals surface area contributed by atoms with Gasteiger partial charge in [0.1, 0.15) is 0 Å². The van der Waals surface area contributed by atoms with Crippen LogP contribution in [0.3, 0.4) is 0 Å². The summed E-state index contributed by atoms with van der Waals surface area (Å²) in [7, 11) is 0. The van der Waals surface area contributed by atoms with E-state index in [2.05, 4.69) is 184 Å². The van der Waals surface area contributed by atoms with Gasteiger partial charge in [0.05, 0.1) is 5.69 Å². The number of hydrogen-bond acceptors (Lipinski definition) is 3. The molecule has 0 fully saturated rings. The average Bonchev–Trinajstić information content (AvgIpc) is 3.77. The standard InChI is InChI=1S/C49H39NS2/c1-48(2)30-49(3,4)42-29-47-40(28-41(42)48)39-24-20-33(26-45(39)52-47)36-14-8-10-16-43(36)50(34-21-18-32(19-22-34)31-12-6-5-7-13-31)35-23-25-38-37-15-9-11-17-44(37)51-46(38)27-35/h5-29H,30H2,1-4H3. The van der Waals surface area contributed by atoms with Crippen molar-refractivity contribution in [2.75, 3.05) is 4.90 Å². The summed E-state index contributed by atoms with van der Waals surface area (Å²) >= 11 is 3.80. The number of para-hydroxylation sites is 1. The minimum atomic E-state index is 0.182. The Morgan fingerprint density at radius 1 is 0.423 bits per heavy atom. The van der Waals surface area contributed by atoms with E-state index < -0.39 is 0 Å². The molecule has 0 atom stereocenters. The molecule has 0 saturated heterocycles. The fourth-order valence-electron chi connectivity index (χ4n) is 9.03. The van der Waals surface area contributed by atoms with Crippen LogP contribution < -0.4 is 4.90 Å². The molecule has 0 N–H and O–H groups in total. The summed E-state index contributed by atoms with van der Waals surface area (Å²) < 4.78 is 5.35. The van der Waals surface area contributed by atoms with Gasteiger partial charge in [0.15, 0.2) is 0 Å². The highest BCUT2D eigenvalue weighted by atomic mass is 32.1. The van der Waals surface area contributed by atoms with Gasteiger partial charge in [-0.3, -0.25) is 0 Å². The fraction of sp³-hybridized carbons (Fsp3) is 0.143. The molecule has 0 radical (unpaired) electrons. The molecule has 9 aromatic rings. The molecular formula is C49H39NS2. The molecule has 1 nitrogen and oxygen atoms in total. The van der Waals surface area contributed by atoms with Crippen molar-refractivity contribution in [3.05, 3.63) is 163 Å². The van der Waals surface area contributed by atoms with Crippen molar-refractivity contribution in [2.45, 2.75) is 44.9 Å².